The number of rotatable bonds is 2. The van der Waals surface area contributed by atoms with E-state index < -0.39 is 0 Å². The van der Waals surface area contributed by atoms with Crippen LogP contribution in [0.2, 0.25) is 0 Å². The van der Waals surface area contributed by atoms with E-state index in [4.69, 9.17) is 5.11 Å². The standard InChI is InChI=1S/C10H14O2/c1-7-5-9(3-4-11)6-8(2)10(7)12/h5-6,11-12H,3-4H2,1-2H3. The second-order valence-electron chi connectivity index (χ2n) is 3.05. The van der Waals surface area contributed by atoms with E-state index in [1.165, 1.54) is 0 Å². The van der Waals surface area contributed by atoms with Crippen LogP contribution in [0.5, 0.6) is 5.75 Å². The van der Waals surface area contributed by atoms with E-state index >= 15 is 0 Å². The number of phenolic OH excluding ortho intramolecular Hbond substituents is 1. The van der Waals surface area contributed by atoms with Crippen molar-refractivity contribution < 1.29 is 10.2 Å². The molecule has 0 heterocycles. The predicted octanol–water partition coefficient (Wildman–Crippen LogP) is 1.54. The maximum atomic E-state index is 9.44. The number of phenols is 1. The summed E-state index contributed by atoms with van der Waals surface area (Å²) in [6.45, 7) is 3.88. The maximum Gasteiger partial charge on any atom is 0.121 e. The van der Waals surface area contributed by atoms with Crippen LogP contribution in [0.15, 0.2) is 12.1 Å². The molecule has 2 N–H and O–H groups in total. The van der Waals surface area contributed by atoms with Crippen LogP contribution in [0.1, 0.15) is 16.7 Å². The third-order valence-electron chi connectivity index (χ3n) is 1.95. The van der Waals surface area contributed by atoms with Crippen molar-refractivity contribution >= 4 is 0 Å². The molecule has 2 heteroatoms. The molecule has 1 aromatic rings. The number of aliphatic hydroxyl groups is 1. The Hall–Kier alpha value is -1.02. The molecular weight excluding hydrogens is 152 g/mol. The minimum absolute atomic E-state index is 0.156. The van der Waals surface area contributed by atoms with E-state index in [0.29, 0.717) is 12.2 Å². The molecule has 0 spiro atoms. The Labute approximate surface area is 72.5 Å². The molecule has 0 aliphatic heterocycles. The van der Waals surface area contributed by atoms with Crippen LogP contribution in [0.3, 0.4) is 0 Å². The monoisotopic (exact) mass is 166 g/mol. The van der Waals surface area contributed by atoms with E-state index in [9.17, 15) is 5.11 Å². The Morgan fingerprint density at radius 1 is 1.17 bits per heavy atom. The summed E-state index contributed by atoms with van der Waals surface area (Å²) in [6, 6.07) is 3.80. The number of aliphatic hydroxyl groups excluding tert-OH is 1. The first kappa shape index (κ1) is 9.07. The van der Waals surface area contributed by atoms with Gasteiger partial charge in [0.2, 0.25) is 0 Å². The third-order valence-corrected chi connectivity index (χ3v) is 1.95. The molecule has 0 aromatic heterocycles. The third kappa shape index (κ3) is 1.77. The molecule has 0 unspecified atom stereocenters. The van der Waals surface area contributed by atoms with Crippen molar-refractivity contribution in [3.05, 3.63) is 28.8 Å². The van der Waals surface area contributed by atoms with Crippen molar-refractivity contribution in [3.8, 4) is 5.75 Å². The SMILES string of the molecule is Cc1cc(CCO)cc(C)c1O. The first-order valence-corrected chi connectivity index (χ1v) is 4.05. The molecule has 0 aliphatic carbocycles. The van der Waals surface area contributed by atoms with E-state index in [2.05, 4.69) is 0 Å². The minimum atomic E-state index is 0.156. The Balaban J connectivity index is 3.04. The van der Waals surface area contributed by atoms with Gasteiger partial charge in [-0.3, -0.25) is 0 Å². The van der Waals surface area contributed by atoms with Gasteiger partial charge in [-0.2, -0.15) is 0 Å². The lowest BCUT2D eigenvalue weighted by Gasteiger charge is -2.06. The van der Waals surface area contributed by atoms with Gasteiger partial charge in [-0.25, -0.2) is 0 Å². The van der Waals surface area contributed by atoms with E-state index in [0.717, 1.165) is 16.7 Å². The van der Waals surface area contributed by atoms with Crippen LogP contribution in [-0.2, 0) is 6.42 Å². The molecule has 0 saturated heterocycles. The molecule has 2 nitrogen and oxygen atoms in total. The van der Waals surface area contributed by atoms with Crippen molar-refractivity contribution in [2.75, 3.05) is 6.61 Å². The number of hydrogen-bond donors (Lipinski definition) is 2. The van der Waals surface area contributed by atoms with Gasteiger partial charge in [-0.15, -0.1) is 0 Å². The number of aryl methyl sites for hydroxylation is 2. The second kappa shape index (κ2) is 3.59. The van der Waals surface area contributed by atoms with Crippen LogP contribution >= 0.6 is 0 Å². The Bertz CT molecular complexity index is 256. The van der Waals surface area contributed by atoms with Crippen molar-refractivity contribution in [2.24, 2.45) is 0 Å². The first-order valence-electron chi connectivity index (χ1n) is 4.05. The van der Waals surface area contributed by atoms with Gasteiger partial charge >= 0.3 is 0 Å². The predicted molar refractivity (Wildman–Crippen MR) is 48.4 cm³/mol. The van der Waals surface area contributed by atoms with Crippen molar-refractivity contribution in [2.45, 2.75) is 20.3 Å². The van der Waals surface area contributed by atoms with Gasteiger partial charge in [-0.05, 0) is 37.0 Å². The fourth-order valence-corrected chi connectivity index (χ4v) is 1.32. The quantitative estimate of drug-likeness (QED) is 0.699. The first-order chi connectivity index (χ1) is 5.65. The second-order valence-corrected chi connectivity index (χ2v) is 3.05. The molecule has 0 radical (unpaired) electrons. The normalized spacial score (nSPS) is 10.2. The van der Waals surface area contributed by atoms with Gasteiger partial charge in [-0.1, -0.05) is 12.1 Å². The summed E-state index contributed by atoms with van der Waals surface area (Å²) in [5, 5.41) is 18.1. The largest absolute Gasteiger partial charge is 0.507 e. The van der Waals surface area contributed by atoms with Crippen LogP contribution < -0.4 is 0 Å². The highest BCUT2D eigenvalue weighted by Crippen LogP contribution is 2.22. The van der Waals surface area contributed by atoms with Crippen molar-refractivity contribution in [3.63, 3.8) is 0 Å². The van der Waals surface area contributed by atoms with Crippen LogP contribution in [0.4, 0.5) is 0 Å². The van der Waals surface area contributed by atoms with Crippen molar-refractivity contribution in [1.29, 1.82) is 0 Å². The van der Waals surface area contributed by atoms with Crippen molar-refractivity contribution in [1.82, 2.24) is 0 Å². The Morgan fingerprint density at radius 3 is 2.08 bits per heavy atom. The van der Waals surface area contributed by atoms with Gasteiger partial charge in [0, 0.05) is 6.61 Å². The highest BCUT2D eigenvalue weighted by atomic mass is 16.3. The zero-order valence-corrected chi connectivity index (χ0v) is 7.46. The molecule has 66 valence electrons. The summed E-state index contributed by atoms with van der Waals surface area (Å²) in [6.07, 6.45) is 0.655. The molecule has 0 amide bonds. The number of hydrogen-bond acceptors (Lipinski definition) is 2. The average Bonchev–Trinajstić information content (AvgIpc) is 2.01. The van der Waals surface area contributed by atoms with Crippen LogP contribution in [0, 0.1) is 13.8 Å². The van der Waals surface area contributed by atoms with Gasteiger partial charge in [0.05, 0.1) is 0 Å². The van der Waals surface area contributed by atoms with E-state index in [1.807, 2.05) is 26.0 Å². The van der Waals surface area contributed by atoms with Gasteiger partial charge < -0.3 is 10.2 Å². The summed E-state index contributed by atoms with van der Waals surface area (Å²) in [4.78, 5) is 0. The minimum Gasteiger partial charge on any atom is -0.507 e. The maximum absolute atomic E-state index is 9.44. The summed E-state index contributed by atoms with van der Waals surface area (Å²) < 4.78 is 0. The lowest BCUT2D eigenvalue weighted by atomic mass is 10.0. The molecule has 0 bridgehead atoms. The Morgan fingerprint density at radius 2 is 1.67 bits per heavy atom. The molecule has 1 rings (SSSR count). The molecule has 12 heavy (non-hydrogen) atoms. The number of benzene rings is 1. The van der Waals surface area contributed by atoms with Gasteiger partial charge in [0.25, 0.3) is 0 Å². The lowest BCUT2D eigenvalue weighted by molar-refractivity contribution is 0.299. The summed E-state index contributed by atoms with van der Waals surface area (Å²) >= 11 is 0. The highest BCUT2D eigenvalue weighted by molar-refractivity contribution is 5.42. The lowest BCUT2D eigenvalue weighted by Crippen LogP contribution is -1.92. The summed E-state index contributed by atoms with van der Waals surface area (Å²) in [7, 11) is 0. The van der Waals surface area contributed by atoms with Crippen LogP contribution in [0.25, 0.3) is 0 Å². The fourth-order valence-electron chi connectivity index (χ4n) is 1.32. The molecule has 1 aromatic carbocycles. The van der Waals surface area contributed by atoms with Crippen LogP contribution in [-0.4, -0.2) is 16.8 Å². The Kier molecular flexibility index (Phi) is 2.71. The van der Waals surface area contributed by atoms with E-state index in [-0.39, 0.29) is 6.61 Å². The molecule has 0 fully saturated rings. The van der Waals surface area contributed by atoms with E-state index in [1.54, 1.807) is 0 Å². The molecule has 0 atom stereocenters. The molecule has 0 aliphatic rings. The number of aromatic hydroxyl groups is 1. The van der Waals surface area contributed by atoms with Gasteiger partial charge in [0.1, 0.15) is 5.75 Å². The zero-order valence-electron chi connectivity index (χ0n) is 7.46. The highest BCUT2D eigenvalue weighted by Gasteiger charge is 2.02. The van der Waals surface area contributed by atoms with Gasteiger partial charge in [0.15, 0.2) is 0 Å². The zero-order chi connectivity index (χ0) is 9.14. The average molecular weight is 166 g/mol. The smallest absolute Gasteiger partial charge is 0.121 e. The summed E-state index contributed by atoms with van der Waals surface area (Å²) in [5.41, 5.74) is 2.82. The molecule has 0 saturated carbocycles. The molecular formula is C10H14O2. The summed E-state index contributed by atoms with van der Waals surface area (Å²) in [5.74, 6) is 0.358. The fraction of sp³-hybridized carbons (Fsp3) is 0.400. The topological polar surface area (TPSA) is 40.5 Å².